The molecule has 0 saturated carbocycles. The summed E-state index contributed by atoms with van der Waals surface area (Å²) in [6.07, 6.45) is 3.23. The number of fused-ring (bicyclic) bond motifs is 1. The van der Waals surface area contributed by atoms with Gasteiger partial charge in [0.15, 0.2) is 0 Å². The molecule has 1 saturated heterocycles. The first kappa shape index (κ1) is 16.6. The maximum atomic E-state index is 11.2. The summed E-state index contributed by atoms with van der Waals surface area (Å²) >= 11 is 0. The van der Waals surface area contributed by atoms with Gasteiger partial charge < -0.3 is 10.2 Å². The molecule has 24 heavy (non-hydrogen) atoms. The Kier molecular flexibility index (Phi) is 4.92. The number of nitrogens with one attached hydrogen (secondary N) is 1. The molecule has 7 heteroatoms. The zero-order chi connectivity index (χ0) is 17.1. The second-order valence-electron chi connectivity index (χ2n) is 6.46. The summed E-state index contributed by atoms with van der Waals surface area (Å²) in [5.41, 5.74) is 1.01. The Hall–Kier alpha value is -2.25. The van der Waals surface area contributed by atoms with Crippen LogP contribution in [0.3, 0.4) is 0 Å². The van der Waals surface area contributed by atoms with E-state index in [-0.39, 0.29) is 16.7 Å². The van der Waals surface area contributed by atoms with Crippen molar-refractivity contribution >= 4 is 22.1 Å². The van der Waals surface area contributed by atoms with Crippen molar-refractivity contribution in [2.45, 2.75) is 13.0 Å². The lowest BCUT2D eigenvalue weighted by atomic mass is 10.1. The van der Waals surface area contributed by atoms with Crippen LogP contribution in [0.2, 0.25) is 0 Å². The van der Waals surface area contributed by atoms with Gasteiger partial charge in [-0.05, 0) is 26.1 Å². The van der Waals surface area contributed by atoms with Gasteiger partial charge in [0.05, 0.1) is 10.3 Å². The van der Waals surface area contributed by atoms with Gasteiger partial charge in [0.1, 0.15) is 0 Å². The molecule has 1 atom stereocenters. The molecule has 0 radical (unpaired) electrons. The fraction of sp³-hybridized carbons (Fsp3) is 0.471. The number of non-ortho nitro benzene ring substituents is 1. The van der Waals surface area contributed by atoms with Gasteiger partial charge in [-0.25, -0.2) is 0 Å². The molecule has 1 aliphatic rings. The molecule has 0 bridgehead atoms. The summed E-state index contributed by atoms with van der Waals surface area (Å²) in [5, 5.41) is 16.1. The van der Waals surface area contributed by atoms with Gasteiger partial charge in [0.2, 0.25) is 0 Å². The normalized spacial score (nSPS) is 17.8. The summed E-state index contributed by atoms with van der Waals surface area (Å²) in [4.78, 5) is 19.6. The van der Waals surface area contributed by atoms with E-state index >= 15 is 0 Å². The number of rotatable bonds is 5. The Balaban J connectivity index is 1.75. The zero-order valence-electron chi connectivity index (χ0n) is 14.1. The second kappa shape index (κ2) is 7.11. The first-order valence-electron chi connectivity index (χ1n) is 8.23. The first-order chi connectivity index (χ1) is 11.5. The average Bonchev–Trinajstić information content (AvgIpc) is 2.57. The van der Waals surface area contributed by atoms with Crippen molar-refractivity contribution in [2.75, 3.05) is 45.1 Å². The highest BCUT2D eigenvalue weighted by atomic mass is 16.6. The van der Waals surface area contributed by atoms with E-state index in [2.05, 4.69) is 34.1 Å². The molecule has 1 aromatic heterocycles. The number of hydrogen-bond donors (Lipinski definition) is 1. The number of hydrogen-bond acceptors (Lipinski definition) is 6. The zero-order valence-corrected chi connectivity index (χ0v) is 14.1. The van der Waals surface area contributed by atoms with Crippen molar-refractivity contribution < 1.29 is 4.92 Å². The predicted molar refractivity (Wildman–Crippen MR) is 95.4 cm³/mol. The number of benzene rings is 1. The van der Waals surface area contributed by atoms with Crippen LogP contribution < -0.4 is 5.32 Å². The van der Waals surface area contributed by atoms with Gasteiger partial charge in [0, 0.05) is 68.3 Å². The fourth-order valence-electron chi connectivity index (χ4n) is 3.19. The van der Waals surface area contributed by atoms with Crippen LogP contribution in [-0.4, -0.2) is 65.5 Å². The molecular formula is C17H23N5O2. The standard InChI is InChI=1S/C17H23N5O2/c1-13(12-21-9-7-20(2)8-10-21)19-16-3-4-17(22(23)24)15-11-18-6-5-14(15)16/h3-6,11,13,19H,7-10,12H2,1-2H3. The van der Waals surface area contributed by atoms with Crippen LogP contribution in [0.15, 0.2) is 30.6 Å². The topological polar surface area (TPSA) is 74.5 Å². The molecule has 128 valence electrons. The maximum Gasteiger partial charge on any atom is 0.278 e. The van der Waals surface area contributed by atoms with E-state index in [4.69, 9.17) is 0 Å². The monoisotopic (exact) mass is 329 g/mol. The van der Waals surface area contributed by atoms with E-state index in [0.717, 1.165) is 43.8 Å². The molecule has 7 nitrogen and oxygen atoms in total. The van der Waals surface area contributed by atoms with Gasteiger partial charge in [-0.2, -0.15) is 0 Å². The molecule has 1 aromatic carbocycles. The third kappa shape index (κ3) is 3.63. The van der Waals surface area contributed by atoms with Gasteiger partial charge in [-0.15, -0.1) is 0 Å². The fourth-order valence-corrected chi connectivity index (χ4v) is 3.19. The van der Waals surface area contributed by atoms with E-state index in [1.807, 2.05) is 6.07 Å². The smallest absolute Gasteiger partial charge is 0.278 e. The van der Waals surface area contributed by atoms with Crippen LogP contribution in [0.4, 0.5) is 11.4 Å². The Morgan fingerprint density at radius 1 is 1.25 bits per heavy atom. The quantitative estimate of drug-likeness (QED) is 0.669. The van der Waals surface area contributed by atoms with Crippen molar-refractivity contribution in [3.8, 4) is 0 Å². The number of piperazine rings is 1. The molecule has 1 aliphatic heterocycles. The Labute approximate surface area is 141 Å². The predicted octanol–water partition coefficient (Wildman–Crippen LogP) is 2.19. The van der Waals surface area contributed by atoms with Crippen molar-refractivity contribution in [2.24, 2.45) is 0 Å². The summed E-state index contributed by atoms with van der Waals surface area (Å²) in [7, 11) is 2.15. The van der Waals surface area contributed by atoms with Gasteiger partial charge in [0.25, 0.3) is 5.69 Å². The molecule has 0 spiro atoms. The summed E-state index contributed by atoms with van der Waals surface area (Å²) < 4.78 is 0. The van der Waals surface area contributed by atoms with E-state index in [0.29, 0.717) is 5.39 Å². The van der Waals surface area contributed by atoms with Crippen LogP contribution in [0, 0.1) is 10.1 Å². The highest BCUT2D eigenvalue weighted by Gasteiger charge is 2.18. The number of pyridine rings is 1. The lowest BCUT2D eigenvalue weighted by Crippen LogP contribution is -2.47. The highest BCUT2D eigenvalue weighted by Crippen LogP contribution is 2.31. The summed E-state index contributed by atoms with van der Waals surface area (Å²) in [6, 6.07) is 5.43. The van der Waals surface area contributed by atoms with Crippen LogP contribution in [0.5, 0.6) is 0 Å². The summed E-state index contributed by atoms with van der Waals surface area (Å²) in [5.74, 6) is 0. The number of nitrogens with zero attached hydrogens (tertiary/aromatic N) is 4. The number of nitro benzene ring substituents is 1. The molecule has 2 heterocycles. The lowest BCUT2D eigenvalue weighted by Gasteiger charge is -2.34. The van der Waals surface area contributed by atoms with E-state index in [1.54, 1.807) is 24.5 Å². The maximum absolute atomic E-state index is 11.2. The van der Waals surface area contributed by atoms with Crippen molar-refractivity contribution in [3.63, 3.8) is 0 Å². The second-order valence-corrected chi connectivity index (χ2v) is 6.46. The molecule has 3 rings (SSSR count). The molecular weight excluding hydrogens is 306 g/mol. The van der Waals surface area contributed by atoms with Crippen LogP contribution in [-0.2, 0) is 0 Å². The summed E-state index contributed by atoms with van der Waals surface area (Å²) in [6.45, 7) is 7.45. The molecule has 2 aromatic rings. The van der Waals surface area contributed by atoms with Crippen LogP contribution in [0.1, 0.15) is 6.92 Å². The third-order valence-corrected chi connectivity index (χ3v) is 4.52. The van der Waals surface area contributed by atoms with Gasteiger partial charge >= 0.3 is 0 Å². The molecule has 1 unspecified atom stereocenters. The Morgan fingerprint density at radius 3 is 2.71 bits per heavy atom. The van der Waals surface area contributed by atoms with Crippen LogP contribution in [0.25, 0.3) is 10.8 Å². The van der Waals surface area contributed by atoms with Crippen molar-refractivity contribution in [1.29, 1.82) is 0 Å². The minimum atomic E-state index is -0.360. The minimum absolute atomic E-state index is 0.0929. The number of likely N-dealkylation sites (N-methyl/N-ethyl adjacent to an activating group) is 1. The molecule has 0 amide bonds. The van der Waals surface area contributed by atoms with Gasteiger partial charge in [-0.1, -0.05) is 0 Å². The largest absolute Gasteiger partial charge is 0.381 e. The SMILES string of the molecule is CC(CN1CCN(C)CC1)Nc1ccc([N+](=O)[O-])c2cnccc12. The lowest BCUT2D eigenvalue weighted by molar-refractivity contribution is -0.383. The van der Waals surface area contributed by atoms with E-state index in [1.165, 1.54) is 0 Å². The van der Waals surface area contributed by atoms with Crippen LogP contribution >= 0.6 is 0 Å². The molecule has 0 aliphatic carbocycles. The minimum Gasteiger partial charge on any atom is -0.381 e. The first-order valence-corrected chi connectivity index (χ1v) is 8.23. The number of aromatic nitrogens is 1. The van der Waals surface area contributed by atoms with E-state index < -0.39 is 0 Å². The van der Waals surface area contributed by atoms with Gasteiger partial charge in [-0.3, -0.25) is 20.0 Å². The Morgan fingerprint density at radius 2 is 2.00 bits per heavy atom. The van der Waals surface area contributed by atoms with Crippen molar-refractivity contribution in [1.82, 2.24) is 14.8 Å². The average molecular weight is 329 g/mol. The highest BCUT2D eigenvalue weighted by molar-refractivity contribution is 5.99. The van der Waals surface area contributed by atoms with E-state index in [9.17, 15) is 10.1 Å². The third-order valence-electron chi connectivity index (χ3n) is 4.52. The Bertz CT molecular complexity index is 728. The molecule has 1 N–H and O–H groups in total. The number of nitro groups is 1. The number of anilines is 1. The van der Waals surface area contributed by atoms with Crippen molar-refractivity contribution in [3.05, 3.63) is 40.7 Å². The molecule has 1 fully saturated rings.